The van der Waals surface area contributed by atoms with Gasteiger partial charge in [0.1, 0.15) is 0 Å². The second kappa shape index (κ2) is 7.14. The molecule has 2 aliphatic rings. The Morgan fingerprint density at radius 2 is 1.78 bits per heavy atom. The summed E-state index contributed by atoms with van der Waals surface area (Å²) in [4.78, 5) is 28.0. The minimum atomic E-state index is -0.325. The van der Waals surface area contributed by atoms with Crippen molar-refractivity contribution in [2.24, 2.45) is 5.92 Å². The quantitative estimate of drug-likeness (QED) is 0.851. The average molecular weight is 385 g/mol. The average Bonchev–Trinajstić information content (AvgIpc) is 2.68. The molecule has 0 radical (unpaired) electrons. The maximum Gasteiger partial charge on any atom is 0.327 e. The van der Waals surface area contributed by atoms with E-state index in [1.54, 1.807) is 30.8 Å². The lowest BCUT2D eigenvalue weighted by Crippen LogP contribution is -2.73. The maximum absolute atomic E-state index is 12.8. The summed E-state index contributed by atoms with van der Waals surface area (Å²) in [5, 5.41) is 9.22. The van der Waals surface area contributed by atoms with Crippen LogP contribution in [0.3, 0.4) is 0 Å². The number of imide groups is 1. The van der Waals surface area contributed by atoms with Crippen molar-refractivity contribution in [2.75, 3.05) is 14.1 Å². The van der Waals surface area contributed by atoms with Crippen LogP contribution in [0.5, 0.6) is 0 Å². The van der Waals surface area contributed by atoms with Crippen molar-refractivity contribution in [1.29, 1.82) is 0 Å². The summed E-state index contributed by atoms with van der Waals surface area (Å²) in [6.07, 6.45) is -0.273. The summed E-state index contributed by atoms with van der Waals surface area (Å²) in [5.74, 6) is 0.336. The van der Waals surface area contributed by atoms with E-state index in [0.717, 1.165) is 5.75 Å². The van der Waals surface area contributed by atoms with Crippen LogP contribution in [-0.2, 0) is 10.5 Å². The molecule has 0 saturated carbocycles. The van der Waals surface area contributed by atoms with Gasteiger partial charge in [0.15, 0.2) is 0 Å². The van der Waals surface area contributed by atoms with Gasteiger partial charge in [-0.25, -0.2) is 4.79 Å². The highest BCUT2D eigenvalue weighted by Crippen LogP contribution is 2.33. The summed E-state index contributed by atoms with van der Waals surface area (Å²) in [6.45, 7) is 2.02. The second-order valence-electron chi connectivity index (χ2n) is 7.19. The predicted octanol–water partition coefficient (Wildman–Crippen LogP) is 2.40. The molecular weight excluding hydrogens is 360 g/mol. The Balaban J connectivity index is 1.58. The number of nitrogens with one attached hydrogen (secondary N) is 2. The first-order chi connectivity index (χ1) is 13.0. The number of amides is 3. The molecule has 2 aliphatic heterocycles. The van der Waals surface area contributed by atoms with Crippen LogP contribution in [0.1, 0.15) is 12.5 Å². The van der Waals surface area contributed by atoms with Crippen LogP contribution in [0.4, 0.5) is 4.79 Å². The second-order valence-corrected chi connectivity index (χ2v) is 8.32. The van der Waals surface area contributed by atoms with Crippen molar-refractivity contribution in [3.8, 4) is 0 Å². The minimum Gasteiger partial charge on any atom is -0.311 e. The molecule has 0 bridgehead atoms. The van der Waals surface area contributed by atoms with Crippen molar-refractivity contribution in [3.05, 3.63) is 48.0 Å². The van der Waals surface area contributed by atoms with Gasteiger partial charge in [-0.1, -0.05) is 42.5 Å². The zero-order valence-electron chi connectivity index (χ0n) is 15.7. The molecule has 0 spiro atoms. The van der Waals surface area contributed by atoms with Gasteiger partial charge in [-0.15, -0.1) is 11.8 Å². The largest absolute Gasteiger partial charge is 0.327 e. The van der Waals surface area contributed by atoms with E-state index in [2.05, 4.69) is 47.0 Å². The van der Waals surface area contributed by atoms with Gasteiger partial charge in [0.05, 0.1) is 23.6 Å². The third-order valence-corrected chi connectivity index (χ3v) is 6.69. The number of fused-ring (bicyclic) bond motifs is 2. The molecule has 4 atom stereocenters. The van der Waals surface area contributed by atoms with Crippen LogP contribution in [0.2, 0.25) is 0 Å². The number of hydrogen-bond donors (Lipinski definition) is 2. The van der Waals surface area contributed by atoms with E-state index in [-0.39, 0.29) is 35.6 Å². The Morgan fingerprint density at radius 1 is 1.04 bits per heavy atom. The van der Waals surface area contributed by atoms with E-state index in [4.69, 9.17) is 0 Å². The topological polar surface area (TPSA) is 64.7 Å². The lowest BCUT2D eigenvalue weighted by molar-refractivity contribution is -0.140. The van der Waals surface area contributed by atoms with Crippen molar-refractivity contribution < 1.29 is 9.59 Å². The van der Waals surface area contributed by atoms with Gasteiger partial charge >= 0.3 is 6.03 Å². The molecule has 2 aromatic rings. The fourth-order valence-electron chi connectivity index (χ4n) is 3.96. The molecular formula is C20H24N4O2S. The van der Waals surface area contributed by atoms with E-state index >= 15 is 0 Å². The number of carbonyl (C=O) groups is 2. The van der Waals surface area contributed by atoms with Crippen LogP contribution in [-0.4, -0.2) is 53.5 Å². The fraction of sp³-hybridized carbons (Fsp3) is 0.400. The molecule has 27 heavy (non-hydrogen) atoms. The Bertz CT molecular complexity index is 884. The van der Waals surface area contributed by atoms with Crippen LogP contribution in [0.15, 0.2) is 42.5 Å². The zero-order valence-corrected chi connectivity index (χ0v) is 16.5. The number of nitrogens with zero attached hydrogens (tertiary/aromatic N) is 2. The van der Waals surface area contributed by atoms with E-state index in [1.165, 1.54) is 21.2 Å². The van der Waals surface area contributed by atoms with Crippen molar-refractivity contribution in [2.45, 2.75) is 30.4 Å². The van der Waals surface area contributed by atoms with Crippen LogP contribution in [0, 0.1) is 5.92 Å². The summed E-state index contributed by atoms with van der Waals surface area (Å²) in [5.41, 5.74) is 1.25. The number of benzene rings is 2. The maximum atomic E-state index is 12.8. The van der Waals surface area contributed by atoms with Crippen LogP contribution < -0.4 is 10.6 Å². The molecule has 4 rings (SSSR count). The molecule has 2 N–H and O–H groups in total. The molecule has 7 heteroatoms. The molecule has 3 amide bonds. The summed E-state index contributed by atoms with van der Waals surface area (Å²) >= 11 is 1.73. The number of thioether (sulfide) groups is 1. The minimum absolute atomic E-state index is 0.0164. The van der Waals surface area contributed by atoms with Crippen molar-refractivity contribution >= 4 is 34.5 Å². The normalized spacial score (nSPS) is 28.6. The summed E-state index contributed by atoms with van der Waals surface area (Å²) < 4.78 is 0. The Hall–Kier alpha value is -2.09. The molecule has 142 valence electrons. The van der Waals surface area contributed by atoms with Gasteiger partial charge in [0.2, 0.25) is 5.91 Å². The van der Waals surface area contributed by atoms with E-state index in [1.807, 2.05) is 13.0 Å². The molecule has 0 aromatic heterocycles. The molecule has 2 heterocycles. The summed E-state index contributed by atoms with van der Waals surface area (Å²) in [7, 11) is 3.31. The SMILES string of the molecule is CC1NC(SCc2cccc3ccccc23)C2C(=O)N(C)C(=O)N(C)C2N1. The lowest BCUT2D eigenvalue weighted by atomic mass is 9.97. The highest BCUT2D eigenvalue weighted by atomic mass is 32.2. The van der Waals surface area contributed by atoms with Gasteiger partial charge in [0.25, 0.3) is 0 Å². The molecule has 2 fully saturated rings. The smallest absolute Gasteiger partial charge is 0.311 e. The molecule has 0 aliphatic carbocycles. The van der Waals surface area contributed by atoms with E-state index < -0.39 is 0 Å². The van der Waals surface area contributed by atoms with Crippen molar-refractivity contribution in [1.82, 2.24) is 20.4 Å². The van der Waals surface area contributed by atoms with Gasteiger partial charge < -0.3 is 4.90 Å². The van der Waals surface area contributed by atoms with Gasteiger partial charge in [0, 0.05) is 19.8 Å². The molecule has 6 nitrogen and oxygen atoms in total. The Kier molecular flexibility index (Phi) is 4.84. The van der Waals surface area contributed by atoms with Crippen molar-refractivity contribution in [3.63, 3.8) is 0 Å². The first-order valence-electron chi connectivity index (χ1n) is 9.12. The monoisotopic (exact) mass is 384 g/mol. The van der Waals surface area contributed by atoms with E-state index in [0.29, 0.717) is 0 Å². The lowest BCUT2D eigenvalue weighted by Gasteiger charge is -2.49. The number of hydrogen-bond acceptors (Lipinski definition) is 5. The number of urea groups is 1. The third kappa shape index (κ3) is 3.20. The third-order valence-electron chi connectivity index (χ3n) is 5.42. The summed E-state index contributed by atoms with van der Waals surface area (Å²) in [6, 6.07) is 14.4. The Morgan fingerprint density at radius 3 is 2.59 bits per heavy atom. The van der Waals surface area contributed by atoms with Crippen LogP contribution in [0.25, 0.3) is 10.8 Å². The van der Waals surface area contributed by atoms with Gasteiger partial charge in [-0.2, -0.15) is 0 Å². The molecule has 4 unspecified atom stereocenters. The molecule has 2 saturated heterocycles. The van der Waals surface area contributed by atoms with E-state index in [9.17, 15) is 9.59 Å². The van der Waals surface area contributed by atoms with Crippen LogP contribution >= 0.6 is 11.8 Å². The first-order valence-corrected chi connectivity index (χ1v) is 10.2. The van der Waals surface area contributed by atoms with Gasteiger partial charge in [-0.3, -0.25) is 20.3 Å². The number of rotatable bonds is 3. The highest BCUT2D eigenvalue weighted by Gasteiger charge is 2.50. The molecule has 2 aromatic carbocycles. The highest BCUT2D eigenvalue weighted by molar-refractivity contribution is 7.99. The fourth-order valence-corrected chi connectivity index (χ4v) is 5.35. The zero-order chi connectivity index (χ0) is 19.1. The standard InChI is InChI=1S/C20H24N4O2S/c1-12-21-17-16(19(25)24(3)20(26)23(17)2)18(22-12)27-11-14-9-6-8-13-7-4-5-10-15(13)14/h4-10,12,16-18,21-22H,11H2,1-3H3. The number of carbonyl (C=O) groups excluding carboxylic acids is 2. The first kappa shape index (κ1) is 18.3. The van der Waals surface area contributed by atoms with Gasteiger partial charge in [-0.05, 0) is 23.3 Å². The Labute approximate surface area is 163 Å². The predicted molar refractivity (Wildman–Crippen MR) is 108 cm³/mol.